The van der Waals surface area contributed by atoms with Crippen LogP contribution in [0, 0.1) is 6.92 Å². The summed E-state index contributed by atoms with van der Waals surface area (Å²) >= 11 is 5.88. The topological polar surface area (TPSA) is 77.8 Å². The highest BCUT2D eigenvalue weighted by Gasteiger charge is 2.45. The van der Waals surface area contributed by atoms with Gasteiger partial charge in [0, 0.05) is 17.1 Å². The summed E-state index contributed by atoms with van der Waals surface area (Å²) < 4.78 is 0. The predicted octanol–water partition coefficient (Wildman–Crippen LogP) is 3.06. The van der Waals surface area contributed by atoms with Crippen molar-refractivity contribution in [1.82, 2.24) is 4.90 Å². The number of Topliss-reactive ketones (excluding diaryl/α,β-unsaturated/α-hetero) is 1. The molecular formula is C20H18ClNO4. The van der Waals surface area contributed by atoms with Crippen LogP contribution in [0.25, 0.3) is 5.76 Å². The van der Waals surface area contributed by atoms with Gasteiger partial charge in [0.15, 0.2) is 0 Å². The zero-order valence-corrected chi connectivity index (χ0v) is 14.9. The van der Waals surface area contributed by atoms with Crippen LogP contribution in [0.4, 0.5) is 0 Å². The number of aliphatic hydroxyl groups is 2. The Morgan fingerprint density at radius 1 is 1.08 bits per heavy atom. The Morgan fingerprint density at radius 3 is 2.27 bits per heavy atom. The Hall–Kier alpha value is -2.63. The third-order valence-corrected chi connectivity index (χ3v) is 4.64. The van der Waals surface area contributed by atoms with Crippen LogP contribution >= 0.6 is 11.6 Å². The second-order valence-corrected chi connectivity index (χ2v) is 6.57. The molecule has 26 heavy (non-hydrogen) atoms. The van der Waals surface area contributed by atoms with Crippen LogP contribution in [-0.4, -0.2) is 40.0 Å². The van der Waals surface area contributed by atoms with E-state index in [0.717, 1.165) is 5.56 Å². The number of carbonyl (C=O) groups is 2. The van der Waals surface area contributed by atoms with Crippen molar-refractivity contribution in [2.24, 2.45) is 0 Å². The van der Waals surface area contributed by atoms with Crippen molar-refractivity contribution in [3.05, 3.63) is 75.8 Å². The Kier molecular flexibility index (Phi) is 5.11. The molecule has 1 heterocycles. The minimum Gasteiger partial charge on any atom is -0.507 e. The molecule has 0 aliphatic carbocycles. The monoisotopic (exact) mass is 371 g/mol. The number of halogens is 1. The number of β-amino-alcohol motifs (C(OH)–C–C–N with tert-alkyl or cyclic N) is 1. The molecule has 0 unspecified atom stereocenters. The minimum absolute atomic E-state index is 0.000510. The van der Waals surface area contributed by atoms with Crippen molar-refractivity contribution >= 4 is 29.1 Å². The van der Waals surface area contributed by atoms with Gasteiger partial charge in [-0.2, -0.15) is 0 Å². The normalized spacial score (nSPS) is 19.2. The molecule has 2 N–H and O–H groups in total. The summed E-state index contributed by atoms with van der Waals surface area (Å²) in [5, 5.41) is 20.6. The zero-order chi connectivity index (χ0) is 18.8. The molecule has 5 nitrogen and oxygen atoms in total. The highest BCUT2D eigenvalue weighted by Crippen LogP contribution is 2.39. The van der Waals surface area contributed by atoms with Crippen molar-refractivity contribution < 1.29 is 19.8 Å². The molecule has 1 aliphatic heterocycles. The van der Waals surface area contributed by atoms with E-state index < -0.39 is 17.7 Å². The molecule has 0 bridgehead atoms. The van der Waals surface area contributed by atoms with Gasteiger partial charge in [0.05, 0.1) is 18.2 Å². The molecule has 0 saturated carbocycles. The second kappa shape index (κ2) is 7.32. The fraction of sp³-hybridized carbons (Fsp3) is 0.200. The summed E-state index contributed by atoms with van der Waals surface area (Å²) in [5.74, 6) is -1.76. The Morgan fingerprint density at radius 2 is 1.69 bits per heavy atom. The standard InChI is InChI=1S/C20H18ClNO4/c1-12-2-4-13(5-3-12)17-16(19(25)20(26)22(17)10-11-23)18(24)14-6-8-15(21)9-7-14/h2-9,17,23-24H,10-11H2,1H3/b18-16+/t17-/m1/s1. The van der Waals surface area contributed by atoms with E-state index in [0.29, 0.717) is 16.1 Å². The molecule has 2 aromatic carbocycles. The molecular weight excluding hydrogens is 354 g/mol. The fourth-order valence-electron chi connectivity index (χ4n) is 3.08. The maximum absolute atomic E-state index is 12.6. The van der Waals surface area contributed by atoms with E-state index in [4.69, 9.17) is 11.6 Å². The van der Waals surface area contributed by atoms with Crippen molar-refractivity contribution in [1.29, 1.82) is 0 Å². The largest absolute Gasteiger partial charge is 0.507 e. The van der Waals surface area contributed by atoms with Crippen molar-refractivity contribution in [2.45, 2.75) is 13.0 Å². The number of carbonyl (C=O) groups excluding carboxylic acids is 2. The summed E-state index contributed by atoms with van der Waals surface area (Å²) in [4.78, 5) is 26.3. The molecule has 1 saturated heterocycles. The van der Waals surface area contributed by atoms with Crippen LogP contribution in [0.15, 0.2) is 54.1 Å². The van der Waals surface area contributed by atoms with Gasteiger partial charge in [0.1, 0.15) is 5.76 Å². The van der Waals surface area contributed by atoms with E-state index in [-0.39, 0.29) is 24.5 Å². The fourth-order valence-corrected chi connectivity index (χ4v) is 3.20. The highest BCUT2D eigenvalue weighted by molar-refractivity contribution is 6.46. The Labute approximate surface area is 156 Å². The summed E-state index contributed by atoms with van der Waals surface area (Å²) in [6, 6.07) is 13.0. The molecule has 0 aromatic heterocycles. The number of aryl methyl sites for hydroxylation is 1. The van der Waals surface area contributed by atoms with Crippen molar-refractivity contribution in [3.8, 4) is 0 Å². The molecule has 6 heteroatoms. The van der Waals surface area contributed by atoms with E-state index >= 15 is 0 Å². The number of aliphatic hydroxyl groups excluding tert-OH is 2. The Balaban J connectivity index is 2.17. The van der Waals surface area contributed by atoms with Gasteiger partial charge in [-0.3, -0.25) is 9.59 Å². The van der Waals surface area contributed by atoms with Crippen molar-refractivity contribution in [3.63, 3.8) is 0 Å². The molecule has 1 atom stereocenters. The van der Waals surface area contributed by atoms with Gasteiger partial charge in [-0.05, 0) is 36.8 Å². The van der Waals surface area contributed by atoms with Gasteiger partial charge in [0.2, 0.25) is 0 Å². The van der Waals surface area contributed by atoms with Gasteiger partial charge in [-0.1, -0.05) is 41.4 Å². The number of hydrogen-bond donors (Lipinski definition) is 2. The maximum Gasteiger partial charge on any atom is 0.295 e. The third kappa shape index (κ3) is 3.23. The van der Waals surface area contributed by atoms with Crippen LogP contribution in [0.3, 0.4) is 0 Å². The molecule has 1 amide bonds. The first-order valence-corrected chi connectivity index (χ1v) is 8.53. The first-order chi connectivity index (χ1) is 12.4. The van der Waals surface area contributed by atoms with Crippen molar-refractivity contribution in [2.75, 3.05) is 13.2 Å². The summed E-state index contributed by atoms with van der Waals surface area (Å²) in [7, 11) is 0. The number of hydrogen-bond acceptors (Lipinski definition) is 4. The molecule has 1 fully saturated rings. The number of likely N-dealkylation sites (tertiary alicyclic amines) is 1. The van der Waals surface area contributed by atoms with Crippen LogP contribution in [0.1, 0.15) is 22.7 Å². The van der Waals surface area contributed by atoms with E-state index in [9.17, 15) is 19.8 Å². The van der Waals surface area contributed by atoms with E-state index in [2.05, 4.69) is 0 Å². The minimum atomic E-state index is -0.767. The summed E-state index contributed by atoms with van der Waals surface area (Å²) in [5.41, 5.74) is 2.13. The lowest BCUT2D eigenvalue weighted by Gasteiger charge is -2.24. The molecule has 1 aliphatic rings. The van der Waals surface area contributed by atoms with Crippen LogP contribution < -0.4 is 0 Å². The predicted molar refractivity (Wildman–Crippen MR) is 98.7 cm³/mol. The van der Waals surface area contributed by atoms with Crippen LogP contribution in [-0.2, 0) is 9.59 Å². The van der Waals surface area contributed by atoms with Gasteiger partial charge < -0.3 is 15.1 Å². The zero-order valence-electron chi connectivity index (χ0n) is 14.1. The van der Waals surface area contributed by atoms with Gasteiger partial charge in [-0.25, -0.2) is 0 Å². The average molecular weight is 372 g/mol. The number of ketones is 1. The highest BCUT2D eigenvalue weighted by atomic mass is 35.5. The number of benzene rings is 2. The van der Waals surface area contributed by atoms with Gasteiger partial charge >= 0.3 is 0 Å². The van der Waals surface area contributed by atoms with Gasteiger partial charge in [0.25, 0.3) is 11.7 Å². The van der Waals surface area contributed by atoms with E-state index in [1.54, 1.807) is 24.3 Å². The molecule has 134 valence electrons. The van der Waals surface area contributed by atoms with E-state index in [1.807, 2.05) is 31.2 Å². The molecule has 3 rings (SSSR count). The number of amides is 1. The average Bonchev–Trinajstić information content (AvgIpc) is 2.88. The maximum atomic E-state index is 12.6. The number of rotatable bonds is 4. The van der Waals surface area contributed by atoms with Crippen LogP contribution in [0.5, 0.6) is 0 Å². The lowest BCUT2D eigenvalue weighted by Crippen LogP contribution is -2.32. The van der Waals surface area contributed by atoms with Crippen LogP contribution in [0.2, 0.25) is 5.02 Å². The lowest BCUT2D eigenvalue weighted by molar-refractivity contribution is -0.140. The first kappa shape index (κ1) is 18.2. The molecule has 0 radical (unpaired) electrons. The molecule has 0 spiro atoms. The third-order valence-electron chi connectivity index (χ3n) is 4.39. The number of nitrogens with zero attached hydrogens (tertiary/aromatic N) is 1. The molecule has 2 aromatic rings. The SMILES string of the molecule is Cc1ccc([C@@H]2/C(=C(\O)c3ccc(Cl)cc3)C(=O)C(=O)N2CCO)cc1. The summed E-state index contributed by atoms with van der Waals surface area (Å²) in [6.45, 7) is 1.65. The second-order valence-electron chi connectivity index (χ2n) is 6.13. The summed E-state index contributed by atoms with van der Waals surface area (Å²) in [6.07, 6.45) is 0. The van der Waals surface area contributed by atoms with E-state index in [1.165, 1.54) is 4.90 Å². The van der Waals surface area contributed by atoms with Gasteiger partial charge in [-0.15, -0.1) is 0 Å². The quantitative estimate of drug-likeness (QED) is 0.492. The smallest absolute Gasteiger partial charge is 0.295 e. The Bertz CT molecular complexity index is 872. The first-order valence-electron chi connectivity index (χ1n) is 8.16. The lowest BCUT2D eigenvalue weighted by atomic mass is 9.95.